The summed E-state index contributed by atoms with van der Waals surface area (Å²) < 4.78 is 5.36. The van der Waals surface area contributed by atoms with Crippen molar-refractivity contribution >= 4 is 0 Å². The molecular weight excluding hydrogens is 188 g/mol. The molecule has 0 aromatic rings. The van der Waals surface area contributed by atoms with Gasteiger partial charge in [0.2, 0.25) is 0 Å². The first-order chi connectivity index (χ1) is 7.18. The van der Waals surface area contributed by atoms with Gasteiger partial charge in [-0.3, -0.25) is 0 Å². The van der Waals surface area contributed by atoms with Gasteiger partial charge in [0.05, 0.1) is 5.60 Å². The van der Waals surface area contributed by atoms with E-state index in [2.05, 4.69) is 6.92 Å². The number of rotatable bonds is 2. The van der Waals surface area contributed by atoms with E-state index in [1.165, 1.54) is 12.8 Å². The molecule has 1 saturated heterocycles. The van der Waals surface area contributed by atoms with Gasteiger partial charge in [-0.05, 0) is 43.9 Å². The van der Waals surface area contributed by atoms with Crippen LogP contribution in [0.2, 0.25) is 0 Å². The van der Waals surface area contributed by atoms with Crippen molar-refractivity contribution in [3.05, 3.63) is 0 Å². The van der Waals surface area contributed by atoms with E-state index in [-0.39, 0.29) is 5.60 Å². The van der Waals surface area contributed by atoms with Gasteiger partial charge >= 0.3 is 0 Å². The number of hydrogen-bond acceptors (Lipinski definition) is 2. The first kappa shape index (κ1) is 11.4. The Hall–Kier alpha value is -0.0800. The maximum absolute atomic E-state index is 10.6. The predicted octanol–water partition coefficient (Wildman–Crippen LogP) is 2.74. The SMILES string of the molecule is CC1CCCC(O)(CC2CCOCC2)C1. The Balaban J connectivity index is 1.85. The van der Waals surface area contributed by atoms with Crippen molar-refractivity contribution in [3.63, 3.8) is 0 Å². The third-order valence-electron chi connectivity index (χ3n) is 4.08. The number of ether oxygens (including phenoxy) is 1. The Morgan fingerprint density at radius 2 is 2.00 bits per heavy atom. The van der Waals surface area contributed by atoms with Crippen molar-refractivity contribution in [2.75, 3.05) is 13.2 Å². The molecule has 0 radical (unpaired) electrons. The molecule has 1 saturated carbocycles. The maximum atomic E-state index is 10.6. The lowest BCUT2D eigenvalue weighted by molar-refractivity contribution is -0.0476. The second-order valence-corrected chi connectivity index (χ2v) is 5.69. The van der Waals surface area contributed by atoms with Gasteiger partial charge in [-0.25, -0.2) is 0 Å². The highest BCUT2D eigenvalue weighted by Gasteiger charge is 2.35. The molecule has 0 aromatic heterocycles. The van der Waals surface area contributed by atoms with Crippen LogP contribution >= 0.6 is 0 Å². The van der Waals surface area contributed by atoms with E-state index < -0.39 is 0 Å². The third kappa shape index (κ3) is 3.18. The summed E-state index contributed by atoms with van der Waals surface area (Å²) in [6, 6.07) is 0. The molecule has 1 aliphatic carbocycles. The summed E-state index contributed by atoms with van der Waals surface area (Å²) in [6.07, 6.45) is 7.87. The molecule has 1 heterocycles. The fourth-order valence-electron chi connectivity index (χ4n) is 3.31. The van der Waals surface area contributed by atoms with E-state index in [0.717, 1.165) is 45.3 Å². The zero-order valence-electron chi connectivity index (χ0n) is 9.87. The quantitative estimate of drug-likeness (QED) is 0.762. The summed E-state index contributed by atoms with van der Waals surface area (Å²) in [5.41, 5.74) is -0.348. The summed E-state index contributed by atoms with van der Waals surface area (Å²) >= 11 is 0. The van der Waals surface area contributed by atoms with Gasteiger partial charge in [0, 0.05) is 13.2 Å². The van der Waals surface area contributed by atoms with Gasteiger partial charge in [0.25, 0.3) is 0 Å². The van der Waals surface area contributed by atoms with Crippen LogP contribution in [0.5, 0.6) is 0 Å². The lowest BCUT2D eigenvalue weighted by Crippen LogP contribution is -2.37. The van der Waals surface area contributed by atoms with Crippen molar-refractivity contribution in [3.8, 4) is 0 Å². The molecule has 0 spiro atoms. The highest BCUT2D eigenvalue weighted by Crippen LogP contribution is 2.38. The minimum absolute atomic E-state index is 0.348. The van der Waals surface area contributed by atoms with Crippen LogP contribution in [-0.4, -0.2) is 23.9 Å². The van der Waals surface area contributed by atoms with E-state index in [1.54, 1.807) is 0 Å². The van der Waals surface area contributed by atoms with Crippen LogP contribution in [0.3, 0.4) is 0 Å². The topological polar surface area (TPSA) is 29.5 Å². The molecule has 2 unspecified atom stereocenters. The molecule has 88 valence electrons. The Morgan fingerprint density at radius 1 is 1.27 bits per heavy atom. The first-order valence-electron chi connectivity index (χ1n) is 6.48. The molecule has 1 aliphatic heterocycles. The average molecular weight is 212 g/mol. The van der Waals surface area contributed by atoms with E-state index >= 15 is 0 Å². The van der Waals surface area contributed by atoms with E-state index in [9.17, 15) is 5.11 Å². The predicted molar refractivity (Wildman–Crippen MR) is 60.7 cm³/mol. The van der Waals surface area contributed by atoms with Gasteiger partial charge < -0.3 is 9.84 Å². The molecule has 2 rings (SSSR count). The van der Waals surface area contributed by atoms with Crippen molar-refractivity contribution in [1.82, 2.24) is 0 Å². The summed E-state index contributed by atoms with van der Waals surface area (Å²) in [6.45, 7) is 4.07. The lowest BCUT2D eigenvalue weighted by Gasteiger charge is -2.38. The third-order valence-corrected chi connectivity index (χ3v) is 4.08. The van der Waals surface area contributed by atoms with Crippen LogP contribution in [0.25, 0.3) is 0 Å². The molecular formula is C13H24O2. The molecule has 2 heteroatoms. The zero-order valence-corrected chi connectivity index (χ0v) is 9.87. The van der Waals surface area contributed by atoms with Gasteiger partial charge in [0.1, 0.15) is 0 Å². The van der Waals surface area contributed by atoms with Crippen LogP contribution in [0.1, 0.15) is 51.9 Å². The molecule has 2 fully saturated rings. The summed E-state index contributed by atoms with van der Waals surface area (Å²) in [5.74, 6) is 1.41. The Kier molecular flexibility index (Phi) is 3.68. The van der Waals surface area contributed by atoms with E-state index in [4.69, 9.17) is 4.74 Å². The number of hydrogen-bond donors (Lipinski definition) is 1. The molecule has 2 aliphatic rings. The minimum Gasteiger partial charge on any atom is -0.390 e. The normalized spacial score (nSPS) is 39.2. The van der Waals surface area contributed by atoms with Gasteiger partial charge in [-0.1, -0.05) is 19.8 Å². The Morgan fingerprint density at radius 3 is 2.67 bits per heavy atom. The van der Waals surface area contributed by atoms with Crippen LogP contribution in [0, 0.1) is 11.8 Å². The Bertz CT molecular complexity index is 199. The Labute approximate surface area is 93.0 Å². The molecule has 15 heavy (non-hydrogen) atoms. The monoisotopic (exact) mass is 212 g/mol. The zero-order chi connectivity index (χ0) is 10.7. The molecule has 0 amide bonds. The highest BCUT2D eigenvalue weighted by molar-refractivity contribution is 4.87. The molecule has 2 atom stereocenters. The largest absolute Gasteiger partial charge is 0.390 e. The van der Waals surface area contributed by atoms with Gasteiger partial charge in [0.15, 0.2) is 0 Å². The maximum Gasteiger partial charge on any atom is 0.0653 e. The van der Waals surface area contributed by atoms with Crippen LogP contribution in [-0.2, 0) is 4.74 Å². The van der Waals surface area contributed by atoms with Crippen LogP contribution in [0.15, 0.2) is 0 Å². The molecule has 0 aromatic carbocycles. The highest BCUT2D eigenvalue weighted by atomic mass is 16.5. The van der Waals surface area contributed by atoms with Crippen molar-refractivity contribution in [2.24, 2.45) is 11.8 Å². The molecule has 1 N–H and O–H groups in total. The van der Waals surface area contributed by atoms with Crippen LogP contribution < -0.4 is 0 Å². The fourth-order valence-corrected chi connectivity index (χ4v) is 3.31. The van der Waals surface area contributed by atoms with Crippen molar-refractivity contribution < 1.29 is 9.84 Å². The number of aliphatic hydroxyl groups is 1. The average Bonchev–Trinajstić information content (AvgIpc) is 2.18. The standard InChI is InChI=1S/C13H24O2/c1-11-3-2-6-13(14,9-11)10-12-4-7-15-8-5-12/h11-12,14H,2-10H2,1H3. The molecule has 2 nitrogen and oxygen atoms in total. The smallest absolute Gasteiger partial charge is 0.0653 e. The second-order valence-electron chi connectivity index (χ2n) is 5.69. The summed E-state index contributed by atoms with van der Waals surface area (Å²) in [5, 5.41) is 10.6. The van der Waals surface area contributed by atoms with Gasteiger partial charge in [-0.15, -0.1) is 0 Å². The van der Waals surface area contributed by atoms with Crippen LogP contribution in [0.4, 0.5) is 0 Å². The fraction of sp³-hybridized carbons (Fsp3) is 1.00. The van der Waals surface area contributed by atoms with Crippen molar-refractivity contribution in [1.29, 1.82) is 0 Å². The first-order valence-corrected chi connectivity index (χ1v) is 6.48. The van der Waals surface area contributed by atoms with E-state index in [0.29, 0.717) is 11.8 Å². The minimum atomic E-state index is -0.348. The van der Waals surface area contributed by atoms with Crippen molar-refractivity contribution in [2.45, 2.75) is 57.5 Å². The molecule has 0 bridgehead atoms. The van der Waals surface area contributed by atoms with Gasteiger partial charge in [-0.2, -0.15) is 0 Å². The lowest BCUT2D eigenvalue weighted by atomic mass is 9.73. The summed E-state index contributed by atoms with van der Waals surface area (Å²) in [4.78, 5) is 0. The second kappa shape index (κ2) is 4.84. The summed E-state index contributed by atoms with van der Waals surface area (Å²) in [7, 11) is 0. The van der Waals surface area contributed by atoms with E-state index in [1.807, 2.05) is 0 Å².